The van der Waals surface area contributed by atoms with Gasteiger partial charge < -0.3 is 5.32 Å². The largest absolute Gasteiger partial charge is 0.317 e. The Morgan fingerprint density at radius 2 is 1.00 bits per heavy atom. The van der Waals surface area contributed by atoms with Crippen LogP contribution in [0, 0.1) is 11.8 Å². The quantitative estimate of drug-likeness (QED) is 0.536. The van der Waals surface area contributed by atoms with E-state index >= 15 is 0 Å². The summed E-state index contributed by atoms with van der Waals surface area (Å²) in [7, 11) is 0. The summed E-state index contributed by atoms with van der Waals surface area (Å²) in [6.45, 7) is 11.6. The van der Waals surface area contributed by atoms with Crippen LogP contribution in [-0.2, 0) is 0 Å². The van der Waals surface area contributed by atoms with Crippen molar-refractivity contribution in [2.24, 2.45) is 11.8 Å². The van der Waals surface area contributed by atoms with Gasteiger partial charge in [0, 0.05) is 0 Å². The molecule has 1 heteroatoms. The summed E-state index contributed by atoms with van der Waals surface area (Å²) in [5.41, 5.74) is 0. The van der Waals surface area contributed by atoms with Crippen molar-refractivity contribution in [2.45, 2.75) is 66.2 Å². The predicted molar refractivity (Wildman–Crippen MR) is 70.2 cm³/mol. The Bertz CT molecular complexity index is 101. The molecule has 0 aliphatic carbocycles. The summed E-state index contributed by atoms with van der Waals surface area (Å²) in [6.07, 6.45) is 8.07. The molecule has 0 aliphatic heterocycles. The molecule has 0 aromatic carbocycles. The lowest BCUT2D eigenvalue weighted by Gasteiger charge is -2.15. The lowest BCUT2D eigenvalue weighted by atomic mass is 9.98. The first-order chi connectivity index (χ1) is 7.28. The van der Waals surface area contributed by atoms with Crippen molar-refractivity contribution in [3.63, 3.8) is 0 Å². The van der Waals surface area contributed by atoms with Crippen molar-refractivity contribution in [1.29, 1.82) is 0 Å². The molecular weight excluding hydrogens is 182 g/mol. The molecular formula is C14H31N. The normalized spacial score (nSPS) is 11.6. The fourth-order valence-corrected chi connectivity index (χ4v) is 2.13. The first-order valence-corrected chi connectivity index (χ1v) is 6.99. The molecule has 1 nitrogen and oxygen atoms in total. The number of hydrogen-bond donors (Lipinski definition) is 1. The zero-order valence-electron chi connectivity index (χ0n) is 11.3. The van der Waals surface area contributed by atoms with Crippen LogP contribution in [0.5, 0.6) is 0 Å². The van der Waals surface area contributed by atoms with E-state index in [1.54, 1.807) is 0 Å². The van der Waals surface area contributed by atoms with E-state index in [0.717, 1.165) is 11.8 Å². The third kappa shape index (κ3) is 7.84. The Morgan fingerprint density at radius 3 is 1.27 bits per heavy atom. The minimum Gasteiger partial charge on any atom is -0.317 e. The van der Waals surface area contributed by atoms with Gasteiger partial charge in [-0.25, -0.2) is 0 Å². The molecule has 15 heavy (non-hydrogen) atoms. The van der Waals surface area contributed by atoms with Gasteiger partial charge in [0.15, 0.2) is 0 Å². The second-order valence-corrected chi connectivity index (χ2v) is 4.69. The topological polar surface area (TPSA) is 12.0 Å². The van der Waals surface area contributed by atoms with Gasteiger partial charge in [-0.1, -0.05) is 53.4 Å². The van der Waals surface area contributed by atoms with E-state index < -0.39 is 0 Å². The predicted octanol–water partition coefficient (Wildman–Crippen LogP) is 4.23. The van der Waals surface area contributed by atoms with E-state index in [1.807, 2.05) is 0 Å². The minimum atomic E-state index is 0.936. The maximum atomic E-state index is 3.58. The smallest absolute Gasteiger partial charge is 0.00463 e. The highest BCUT2D eigenvalue weighted by Gasteiger charge is 2.04. The van der Waals surface area contributed by atoms with Crippen molar-refractivity contribution < 1.29 is 0 Å². The SMILES string of the molecule is CCC(CC)CCNCCC(CC)CC. The summed E-state index contributed by atoms with van der Waals surface area (Å²) < 4.78 is 0. The van der Waals surface area contributed by atoms with Crippen LogP contribution in [0.1, 0.15) is 66.2 Å². The number of rotatable bonds is 10. The fraction of sp³-hybridized carbons (Fsp3) is 1.00. The van der Waals surface area contributed by atoms with Crippen LogP contribution in [0.25, 0.3) is 0 Å². The second kappa shape index (κ2) is 10.5. The third-order valence-corrected chi connectivity index (χ3v) is 3.77. The number of hydrogen-bond acceptors (Lipinski definition) is 1. The molecule has 0 saturated heterocycles. The summed E-state index contributed by atoms with van der Waals surface area (Å²) in [6, 6.07) is 0. The molecule has 0 saturated carbocycles. The Balaban J connectivity index is 3.30. The second-order valence-electron chi connectivity index (χ2n) is 4.69. The average Bonchev–Trinajstić information content (AvgIpc) is 2.29. The highest BCUT2D eigenvalue weighted by Crippen LogP contribution is 2.12. The first-order valence-electron chi connectivity index (χ1n) is 6.99. The first kappa shape index (κ1) is 15.0. The van der Waals surface area contributed by atoms with E-state index in [-0.39, 0.29) is 0 Å². The highest BCUT2D eigenvalue weighted by molar-refractivity contribution is 4.60. The standard InChI is InChI=1S/C14H31N/c1-5-13(6-2)9-11-15-12-10-14(7-3)8-4/h13-15H,5-12H2,1-4H3. The summed E-state index contributed by atoms with van der Waals surface area (Å²) in [4.78, 5) is 0. The monoisotopic (exact) mass is 213 g/mol. The van der Waals surface area contributed by atoms with E-state index in [0.29, 0.717) is 0 Å². The minimum absolute atomic E-state index is 0.936. The molecule has 1 N–H and O–H groups in total. The van der Waals surface area contributed by atoms with Crippen LogP contribution in [-0.4, -0.2) is 13.1 Å². The summed E-state index contributed by atoms with van der Waals surface area (Å²) in [5.74, 6) is 1.87. The van der Waals surface area contributed by atoms with E-state index in [4.69, 9.17) is 0 Å². The molecule has 0 spiro atoms. The molecule has 0 radical (unpaired) electrons. The van der Waals surface area contributed by atoms with Gasteiger partial charge in [0.1, 0.15) is 0 Å². The highest BCUT2D eigenvalue weighted by atomic mass is 14.8. The van der Waals surface area contributed by atoms with Gasteiger partial charge in [-0.05, 0) is 37.8 Å². The van der Waals surface area contributed by atoms with Gasteiger partial charge >= 0.3 is 0 Å². The molecule has 0 aromatic heterocycles. The van der Waals surface area contributed by atoms with Crippen molar-refractivity contribution in [1.82, 2.24) is 5.32 Å². The molecule has 0 bridgehead atoms. The van der Waals surface area contributed by atoms with Gasteiger partial charge in [-0.15, -0.1) is 0 Å². The summed E-state index contributed by atoms with van der Waals surface area (Å²) in [5, 5.41) is 3.58. The van der Waals surface area contributed by atoms with Gasteiger partial charge in [-0.3, -0.25) is 0 Å². The van der Waals surface area contributed by atoms with Crippen molar-refractivity contribution >= 4 is 0 Å². The van der Waals surface area contributed by atoms with Crippen molar-refractivity contribution in [3.05, 3.63) is 0 Å². The lowest BCUT2D eigenvalue weighted by Crippen LogP contribution is -2.21. The van der Waals surface area contributed by atoms with Crippen LogP contribution >= 0.6 is 0 Å². The van der Waals surface area contributed by atoms with Crippen LogP contribution < -0.4 is 5.32 Å². The summed E-state index contributed by atoms with van der Waals surface area (Å²) >= 11 is 0. The maximum absolute atomic E-state index is 3.58. The van der Waals surface area contributed by atoms with Crippen LogP contribution in [0.3, 0.4) is 0 Å². The van der Waals surface area contributed by atoms with Crippen LogP contribution in [0.4, 0.5) is 0 Å². The fourth-order valence-electron chi connectivity index (χ4n) is 2.13. The zero-order chi connectivity index (χ0) is 11.5. The molecule has 92 valence electrons. The lowest BCUT2D eigenvalue weighted by molar-refractivity contribution is 0.409. The Kier molecular flexibility index (Phi) is 10.4. The molecule has 0 heterocycles. The van der Waals surface area contributed by atoms with E-state index in [2.05, 4.69) is 33.0 Å². The molecule has 0 amide bonds. The maximum Gasteiger partial charge on any atom is -0.00463 e. The molecule has 0 unspecified atom stereocenters. The van der Waals surface area contributed by atoms with Crippen LogP contribution in [0.15, 0.2) is 0 Å². The average molecular weight is 213 g/mol. The molecule has 0 aliphatic rings. The van der Waals surface area contributed by atoms with Gasteiger partial charge in [0.25, 0.3) is 0 Å². The van der Waals surface area contributed by atoms with Gasteiger partial charge in [0.05, 0.1) is 0 Å². The van der Waals surface area contributed by atoms with E-state index in [1.165, 1.54) is 51.6 Å². The van der Waals surface area contributed by atoms with Gasteiger partial charge in [0.2, 0.25) is 0 Å². The molecule has 0 aromatic rings. The number of nitrogens with one attached hydrogen (secondary N) is 1. The van der Waals surface area contributed by atoms with E-state index in [9.17, 15) is 0 Å². The van der Waals surface area contributed by atoms with Crippen molar-refractivity contribution in [2.75, 3.05) is 13.1 Å². The Labute approximate surface area is 97.0 Å². The zero-order valence-corrected chi connectivity index (χ0v) is 11.3. The molecule has 0 atom stereocenters. The Hall–Kier alpha value is -0.0400. The molecule has 0 rings (SSSR count). The molecule has 0 fully saturated rings. The van der Waals surface area contributed by atoms with Gasteiger partial charge in [-0.2, -0.15) is 0 Å². The van der Waals surface area contributed by atoms with Crippen LogP contribution in [0.2, 0.25) is 0 Å². The third-order valence-electron chi connectivity index (χ3n) is 3.77. The van der Waals surface area contributed by atoms with Crippen molar-refractivity contribution in [3.8, 4) is 0 Å². The Morgan fingerprint density at radius 1 is 0.667 bits per heavy atom.